The fourth-order valence-electron chi connectivity index (χ4n) is 8.30. The Balaban J connectivity index is 1.10. The molecule has 0 saturated carbocycles. The molecule has 0 aliphatic rings. The summed E-state index contributed by atoms with van der Waals surface area (Å²) in [5.41, 5.74) is 10.6. The molecule has 0 aliphatic heterocycles. The minimum Gasteiger partial charge on any atom is -0.310 e. The first-order valence-electron chi connectivity index (χ1n) is 18.7. The second-order valence-electron chi connectivity index (χ2n) is 14.1. The fourth-order valence-corrected chi connectivity index (χ4v) is 10.6. The van der Waals surface area contributed by atoms with Crippen LogP contribution in [0.25, 0.3) is 84.5 Å². The van der Waals surface area contributed by atoms with E-state index in [4.69, 9.17) is 0 Å². The average Bonchev–Trinajstić information content (AvgIpc) is 3.83. The molecule has 55 heavy (non-hydrogen) atoms. The van der Waals surface area contributed by atoms with Crippen LogP contribution in [0.1, 0.15) is 0 Å². The minimum atomic E-state index is 1.11. The van der Waals surface area contributed by atoms with Crippen molar-refractivity contribution in [3.63, 3.8) is 0 Å². The second-order valence-corrected chi connectivity index (χ2v) is 16.3. The lowest BCUT2D eigenvalue weighted by Crippen LogP contribution is -2.10. The standard InChI is InChI=1S/C52H33NS2/c1-2-13-35-30-37(29-28-34(35)12-1)36-14-7-17-40(31-36)53(41-18-8-15-38(32-41)43-22-10-26-49-51(43)45-20-3-5-24-47(45)54-49)42-19-9-16-39(33-42)44-23-11-27-50-52(44)46-21-4-6-25-48(46)55-50/h1-33H. The molecule has 0 atom stereocenters. The van der Waals surface area contributed by atoms with E-state index in [1.54, 1.807) is 0 Å². The van der Waals surface area contributed by atoms with E-state index >= 15 is 0 Å². The van der Waals surface area contributed by atoms with Crippen molar-refractivity contribution in [2.75, 3.05) is 4.90 Å². The van der Waals surface area contributed by atoms with Gasteiger partial charge in [0.15, 0.2) is 0 Å². The van der Waals surface area contributed by atoms with Crippen molar-refractivity contribution in [2.24, 2.45) is 0 Å². The lowest BCUT2D eigenvalue weighted by molar-refractivity contribution is 1.28. The summed E-state index contributed by atoms with van der Waals surface area (Å²) in [5, 5.41) is 7.76. The van der Waals surface area contributed by atoms with Crippen LogP contribution in [0.15, 0.2) is 200 Å². The molecule has 0 N–H and O–H groups in total. The largest absolute Gasteiger partial charge is 0.310 e. The molecule has 258 valence electrons. The number of hydrogen-bond acceptors (Lipinski definition) is 3. The second kappa shape index (κ2) is 13.1. The first-order valence-corrected chi connectivity index (χ1v) is 20.3. The Bertz CT molecular complexity index is 3080. The average molecular weight is 736 g/mol. The highest BCUT2D eigenvalue weighted by atomic mass is 32.1. The first kappa shape index (κ1) is 32.0. The molecule has 0 bridgehead atoms. The molecular weight excluding hydrogens is 703 g/mol. The quantitative estimate of drug-likeness (QED) is 0.164. The maximum atomic E-state index is 2.43. The summed E-state index contributed by atoms with van der Waals surface area (Å²) in [7, 11) is 0. The third-order valence-corrected chi connectivity index (χ3v) is 13.1. The van der Waals surface area contributed by atoms with Crippen molar-refractivity contribution in [3.05, 3.63) is 200 Å². The van der Waals surface area contributed by atoms with Gasteiger partial charge >= 0.3 is 0 Å². The molecule has 0 fully saturated rings. The van der Waals surface area contributed by atoms with Gasteiger partial charge in [0.1, 0.15) is 0 Å². The van der Waals surface area contributed by atoms with E-state index in [0.717, 1.165) is 17.1 Å². The van der Waals surface area contributed by atoms with Gasteiger partial charge in [-0.1, -0.05) is 133 Å². The minimum absolute atomic E-state index is 1.11. The van der Waals surface area contributed by atoms with Crippen molar-refractivity contribution >= 4 is 90.9 Å². The number of nitrogens with zero attached hydrogens (tertiary/aromatic N) is 1. The normalized spacial score (nSPS) is 11.6. The highest BCUT2D eigenvalue weighted by molar-refractivity contribution is 7.26. The van der Waals surface area contributed by atoms with Crippen LogP contribution in [0.5, 0.6) is 0 Å². The smallest absolute Gasteiger partial charge is 0.0467 e. The van der Waals surface area contributed by atoms with Crippen LogP contribution in [0.3, 0.4) is 0 Å². The molecule has 11 aromatic rings. The zero-order valence-electron chi connectivity index (χ0n) is 29.8. The van der Waals surface area contributed by atoms with Gasteiger partial charge in [-0.3, -0.25) is 0 Å². The molecule has 0 spiro atoms. The zero-order valence-corrected chi connectivity index (χ0v) is 31.4. The van der Waals surface area contributed by atoms with E-state index in [1.807, 2.05) is 22.7 Å². The van der Waals surface area contributed by atoms with E-state index in [0.29, 0.717) is 0 Å². The van der Waals surface area contributed by atoms with Gasteiger partial charge in [-0.05, 0) is 111 Å². The van der Waals surface area contributed by atoms with Gasteiger partial charge in [0.25, 0.3) is 0 Å². The molecule has 0 amide bonds. The van der Waals surface area contributed by atoms with Gasteiger partial charge in [-0.2, -0.15) is 0 Å². The molecule has 2 heterocycles. The lowest BCUT2D eigenvalue weighted by atomic mass is 9.97. The monoisotopic (exact) mass is 735 g/mol. The molecule has 0 radical (unpaired) electrons. The molecule has 11 rings (SSSR count). The van der Waals surface area contributed by atoms with Crippen LogP contribution >= 0.6 is 22.7 Å². The third-order valence-electron chi connectivity index (χ3n) is 10.8. The van der Waals surface area contributed by atoms with Crippen molar-refractivity contribution in [1.29, 1.82) is 0 Å². The van der Waals surface area contributed by atoms with E-state index in [2.05, 4.69) is 205 Å². The summed E-state index contributed by atoms with van der Waals surface area (Å²) in [6.45, 7) is 0. The molecule has 0 saturated heterocycles. The highest BCUT2D eigenvalue weighted by Gasteiger charge is 2.18. The maximum absolute atomic E-state index is 2.43. The van der Waals surface area contributed by atoms with E-state index in [-0.39, 0.29) is 0 Å². The Labute approximate surface area is 327 Å². The molecular formula is C52H33NS2. The number of hydrogen-bond donors (Lipinski definition) is 0. The number of benzene rings is 9. The molecule has 1 nitrogen and oxygen atoms in total. The van der Waals surface area contributed by atoms with Crippen molar-refractivity contribution in [1.82, 2.24) is 0 Å². The van der Waals surface area contributed by atoms with Gasteiger partial charge in [0.05, 0.1) is 0 Å². The Hall–Kier alpha value is -6.52. The topological polar surface area (TPSA) is 3.24 Å². The summed E-state index contributed by atoms with van der Waals surface area (Å²) in [6, 6.07) is 73.5. The van der Waals surface area contributed by atoms with Crippen LogP contribution in [-0.2, 0) is 0 Å². The van der Waals surface area contributed by atoms with E-state index < -0.39 is 0 Å². The molecule has 9 aromatic carbocycles. The SMILES string of the molecule is c1cc(-c2ccc3ccccc3c2)cc(N(c2cccc(-c3cccc4sc5ccccc5c34)c2)c2cccc(-c3cccc4sc5ccccc5c34)c2)c1. The summed E-state index contributed by atoms with van der Waals surface area (Å²) in [6.07, 6.45) is 0. The summed E-state index contributed by atoms with van der Waals surface area (Å²) in [4.78, 5) is 2.43. The van der Waals surface area contributed by atoms with Crippen molar-refractivity contribution in [3.8, 4) is 33.4 Å². The molecule has 0 aliphatic carbocycles. The third kappa shape index (κ3) is 5.51. The highest BCUT2D eigenvalue weighted by Crippen LogP contribution is 2.45. The lowest BCUT2D eigenvalue weighted by Gasteiger charge is -2.27. The van der Waals surface area contributed by atoms with Gasteiger partial charge < -0.3 is 4.90 Å². The van der Waals surface area contributed by atoms with E-state index in [9.17, 15) is 0 Å². The van der Waals surface area contributed by atoms with Crippen molar-refractivity contribution < 1.29 is 0 Å². The van der Waals surface area contributed by atoms with Gasteiger partial charge in [-0.15, -0.1) is 22.7 Å². The summed E-state index contributed by atoms with van der Waals surface area (Å²) >= 11 is 3.73. The summed E-state index contributed by atoms with van der Waals surface area (Å²) < 4.78 is 5.26. The maximum Gasteiger partial charge on any atom is 0.0467 e. The fraction of sp³-hybridized carbons (Fsp3) is 0. The van der Waals surface area contributed by atoms with Crippen LogP contribution in [-0.4, -0.2) is 0 Å². The molecule has 3 heteroatoms. The predicted molar refractivity (Wildman–Crippen MR) is 241 cm³/mol. The van der Waals surface area contributed by atoms with Crippen LogP contribution in [0.4, 0.5) is 17.1 Å². The zero-order chi connectivity index (χ0) is 36.3. The number of fused-ring (bicyclic) bond motifs is 7. The Morgan fingerprint density at radius 1 is 0.291 bits per heavy atom. The van der Waals surface area contributed by atoms with Crippen LogP contribution in [0, 0.1) is 0 Å². The van der Waals surface area contributed by atoms with Gasteiger partial charge in [-0.25, -0.2) is 0 Å². The number of anilines is 3. The summed E-state index contributed by atoms with van der Waals surface area (Å²) in [5.74, 6) is 0. The Morgan fingerprint density at radius 2 is 0.727 bits per heavy atom. The molecule has 2 aromatic heterocycles. The van der Waals surface area contributed by atoms with Gasteiger partial charge in [0, 0.05) is 57.4 Å². The number of rotatable bonds is 6. The van der Waals surface area contributed by atoms with E-state index in [1.165, 1.54) is 84.5 Å². The Kier molecular flexibility index (Phi) is 7.61. The van der Waals surface area contributed by atoms with Crippen LogP contribution in [0.2, 0.25) is 0 Å². The Morgan fingerprint density at radius 3 is 1.31 bits per heavy atom. The number of thiophene rings is 2. The van der Waals surface area contributed by atoms with Gasteiger partial charge in [0.2, 0.25) is 0 Å². The first-order chi connectivity index (χ1) is 27.2. The van der Waals surface area contributed by atoms with Crippen molar-refractivity contribution in [2.45, 2.75) is 0 Å². The predicted octanol–water partition coefficient (Wildman–Crippen LogP) is 16.0. The van der Waals surface area contributed by atoms with Crippen LogP contribution < -0.4 is 4.90 Å². The molecule has 0 unspecified atom stereocenters.